The fraction of sp³-hybridized carbons (Fsp3) is 0.375. The Morgan fingerprint density at radius 2 is 2.05 bits per heavy atom. The van der Waals surface area contributed by atoms with Gasteiger partial charge >= 0.3 is 5.97 Å². The van der Waals surface area contributed by atoms with Crippen LogP contribution >= 0.6 is 11.8 Å². The quantitative estimate of drug-likeness (QED) is 0.619. The van der Waals surface area contributed by atoms with E-state index in [-0.39, 0.29) is 5.91 Å². The number of rotatable bonds is 7. The summed E-state index contributed by atoms with van der Waals surface area (Å²) in [7, 11) is 0. The number of ether oxygens (including phenoxy) is 1. The van der Waals surface area contributed by atoms with Gasteiger partial charge in [0.25, 0.3) is 5.91 Å². The summed E-state index contributed by atoms with van der Waals surface area (Å²) in [5, 5.41) is 2.71. The van der Waals surface area contributed by atoms with Gasteiger partial charge in [0.15, 0.2) is 0 Å². The number of benzene rings is 1. The van der Waals surface area contributed by atoms with Crippen LogP contribution in [0.15, 0.2) is 24.3 Å². The minimum Gasteiger partial charge on any atom is -0.464 e. The Morgan fingerprint density at radius 1 is 1.38 bits per heavy atom. The number of terminal acetylenes is 1. The molecule has 1 unspecified atom stereocenters. The molecule has 1 rings (SSSR count). The molecule has 0 aromatic heterocycles. The van der Waals surface area contributed by atoms with E-state index in [2.05, 4.69) is 11.2 Å². The van der Waals surface area contributed by atoms with Crippen molar-refractivity contribution in [3.63, 3.8) is 0 Å². The average molecular weight is 305 g/mol. The number of hydrogen-bond donors (Lipinski definition) is 1. The highest BCUT2D eigenvalue weighted by Crippen LogP contribution is 2.07. The fourth-order valence-electron chi connectivity index (χ4n) is 1.69. The van der Waals surface area contributed by atoms with Gasteiger partial charge < -0.3 is 10.1 Å². The van der Waals surface area contributed by atoms with E-state index in [1.54, 1.807) is 43.0 Å². The summed E-state index contributed by atoms with van der Waals surface area (Å²) >= 11 is 1.61. The molecule has 4 nitrogen and oxygen atoms in total. The molecule has 0 aliphatic rings. The average Bonchev–Trinajstić information content (AvgIpc) is 2.51. The van der Waals surface area contributed by atoms with Crippen LogP contribution in [0.4, 0.5) is 0 Å². The highest BCUT2D eigenvalue weighted by molar-refractivity contribution is 7.98. The molecule has 112 valence electrons. The molecule has 0 aliphatic carbocycles. The number of esters is 1. The van der Waals surface area contributed by atoms with Gasteiger partial charge in [-0.05, 0) is 49.6 Å². The first kappa shape index (κ1) is 17.1. The van der Waals surface area contributed by atoms with Gasteiger partial charge in [-0.15, -0.1) is 6.42 Å². The van der Waals surface area contributed by atoms with Crippen molar-refractivity contribution in [3.8, 4) is 12.3 Å². The van der Waals surface area contributed by atoms with Crippen molar-refractivity contribution in [2.24, 2.45) is 0 Å². The lowest BCUT2D eigenvalue weighted by atomic mass is 10.1. The van der Waals surface area contributed by atoms with Crippen LogP contribution in [0, 0.1) is 12.3 Å². The predicted octanol–water partition coefficient (Wildman–Crippen LogP) is 2.08. The van der Waals surface area contributed by atoms with Crippen LogP contribution in [-0.2, 0) is 9.53 Å². The molecule has 1 aromatic carbocycles. The Labute approximate surface area is 129 Å². The van der Waals surface area contributed by atoms with Crippen molar-refractivity contribution >= 4 is 23.6 Å². The van der Waals surface area contributed by atoms with Crippen molar-refractivity contribution in [3.05, 3.63) is 35.4 Å². The highest BCUT2D eigenvalue weighted by Gasteiger charge is 2.22. The van der Waals surface area contributed by atoms with Crippen LogP contribution in [0.5, 0.6) is 0 Å². The molecule has 0 heterocycles. The molecule has 1 amide bonds. The van der Waals surface area contributed by atoms with Gasteiger partial charge in [-0.1, -0.05) is 5.92 Å². The zero-order valence-electron chi connectivity index (χ0n) is 12.2. The Hall–Kier alpha value is -1.93. The zero-order chi connectivity index (χ0) is 15.7. The van der Waals surface area contributed by atoms with Gasteiger partial charge in [-0.25, -0.2) is 4.79 Å². The Kier molecular flexibility index (Phi) is 7.41. The normalized spacial score (nSPS) is 11.3. The Balaban J connectivity index is 2.73. The molecule has 0 saturated carbocycles. The zero-order valence-corrected chi connectivity index (χ0v) is 13.0. The summed E-state index contributed by atoms with van der Waals surface area (Å²) in [4.78, 5) is 24.0. The molecular weight excluding hydrogens is 286 g/mol. The lowest BCUT2D eigenvalue weighted by molar-refractivity contribution is -0.145. The number of amides is 1. The predicted molar refractivity (Wildman–Crippen MR) is 85.3 cm³/mol. The molecule has 0 fully saturated rings. The lowest BCUT2D eigenvalue weighted by Gasteiger charge is -2.16. The summed E-state index contributed by atoms with van der Waals surface area (Å²) in [5.41, 5.74) is 1.17. The van der Waals surface area contributed by atoms with Crippen LogP contribution in [0.2, 0.25) is 0 Å². The molecule has 0 radical (unpaired) electrons. The van der Waals surface area contributed by atoms with E-state index < -0.39 is 12.0 Å². The van der Waals surface area contributed by atoms with Gasteiger partial charge in [-0.3, -0.25) is 4.79 Å². The van der Waals surface area contributed by atoms with Crippen LogP contribution in [0.1, 0.15) is 29.3 Å². The van der Waals surface area contributed by atoms with Crippen molar-refractivity contribution in [2.45, 2.75) is 19.4 Å². The van der Waals surface area contributed by atoms with E-state index >= 15 is 0 Å². The molecule has 0 bridgehead atoms. The maximum Gasteiger partial charge on any atom is 0.328 e. The monoisotopic (exact) mass is 305 g/mol. The lowest BCUT2D eigenvalue weighted by Crippen LogP contribution is -2.42. The number of carbonyl (C=O) groups is 2. The fourth-order valence-corrected chi connectivity index (χ4v) is 2.16. The summed E-state index contributed by atoms with van der Waals surface area (Å²) in [6, 6.07) is 6.03. The standard InChI is InChI=1S/C16H19NO3S/c1-4-12-6-8-13(9-7-12)15(18)17-14(10-11-21-3)16(19)20-5-2/h1,6-9,14H,5,10-11H2,2-3H3,(H,17,18). The molecule has 0 aliphatic heterocycles. The van der Waals surface area contributed by atoms with E-state index in [1.807, 2.05) is 6.26 Å². The molecule has 5 heteroatoms. The van der Waals surface area contributed by atoms with Crippen LogP contribution < -0.4 is 5.32 Å². The number of hydrogen-bond acceptors (Lipinski definition) is 4. The Morgan fingerprint density at radius 3 is 2.57 bits per heavy atom. The van der Waals surface area contributed by atoms with Crippen molar-refractivity contribution in [1.29, 1.82) is 0 Å². The largest absolute Gasteiger partial charge is 0.464 e. The third kappa shape index (κ3) is 5.52. The minimum atomic E-state index is -0.628. The van der Waals surface area contributed by atoms with E-state index in [0.29, 0.717) is 24.2 Å². The SMILES string of the molecule is C#Cc1ccc(C(=O)NC(CCSC)C(=O)OCC)cc1. The van der Waals surface area contributed by atoms with Gasteiger partial charge in [0.2, 0.25) is 0 Å². The maximum absolute atomic E-state index is 12.1. The minimum absolute atomic E-state index is 0.293. The molecule has 1 aromatic rings. The maximum atomic E-state index is 12.1. The third-order valence-electron chi connectivity index (χ3n) is 2.80. The van der Waals surface area contributed by atoms with E-state index in [1.165, 1.54) is 0 Å². The van der Waals surface area contributed by atoms with Gasteiger partial charge in [-0.2, -0.15) is 11.8 Å². The smallest absolute Gasteiger partial charge is 0.328 e. The molecule has 1 N–H and O–H groups in total. The number of nitrogens with one attached hydrogen (secondary N) is 1. The second-order valence-corrected chi connectivity index (χ2v) is 5.27. The van der Waals surface area contributed by atoms with E-state index in [9.17, 15) is 9.59 Å². The van der Waals surface area contributed by atoms with Gasteiger partial charge in [0, 0.05) is 11.1 Å². The second kappa shape index (κ2) is 9.09. The van der Waals surface area contributed by atoms with Crippen molar-refractivity contribution < 1.29 is 14.3 Å². The summed E-state index contributed by atoms with van der Waals surface area (Å²) in [5.74, 6) is 2.54. The first-order chi connectivity index (χ1) is 10.1. The third-order valence-corrected chi connectivity index (χ3v) is 3.44. The van der Waals surface area contributed by atoms with E-state index in [0.717, 1.165) is 5.75 Å². The van der Waals surface area contributed by atoms with Crippen LogP contribution in [-0.4, -0.2) is 36.5 Å². The summed E-state index contributed by atoms with van der Waals surface area (Å²) < 4.78 is 4.98. The summed E-state index contributed by atoms with van der Waals surface area (Å²) in [6.45, 7) is 2.03. The summed E-state index contributed by atoms with van der Waals surface area (Å²) in [6.07, 6.45) is 7.75. The topological polar surface area (TPSA) is 55.4 Å². The molecule has 21 heavy (non-hydrogen) atoms. The second-order valence-electron chi connectivity index (χ2n) is 4.28. The molecular formula is C16H19NO3S. The van der Waals surface area contributed by atoms with Crippen molar-refractivity contribution in [2.75, 3.05) is 18.6 Å². The first-order valence-electron chi connectivity index (χ1n) is 6.65. The molecule has 1 atom stereocenters. The number of carbonyl (C=O) groups excluding carboxylic acids is 2. The molecule has 0 saturated heterocycles. The first-order valence-corrected chi connectivity index (χ1v) is 8.04. The Bertz CT molecular complexity index is 519. The van der Waals surface area contributed by atoms with Crippen LogP contribution in [0.3, 0.4) is 0 Å². The van der Waals surface area contributed by atoms with Gasteiger partial charge in [0.1, 0.15) is 6.04 Å². The van der Waals surface area contributed by atoms with Crippen LogP contribution in [0.25, 0.3) is 0 Å². The number of thioether (sulfide) groups is 1. The van der Waals surface area contributed by atoms with Gasteiger partial charge in [0.05, 0.1) is 6.61 Å². The molecule has 0 spiro atoms. The van der Waals surface area contributed by atoms with E-state index in [4.69, 9.17) is 11.2 Å². The van der Waals surface area contributed by atoms with Crippen molar-refractivity contribution in [1.82, 2.24) is 5.32 Å². The highest BCUT2D eigenvalue weighted by atomic mass is 32.2.